The summed E-state index contributed by atoms with van der Waals surface area (Å²) < 4.78 is 7.25. The van der Waals surface area contributed by atoms with E-state index < -0.39 is 17.8 Å². The Kier molecular flexibility index (Phi) is 4.33. The molecule has 3 heterocycles. The summed E-state index contributed by atoms with van der Waals surface area (Å²) in [4.78, 5) is 2.03. The molecule has 3 N–H and O–H groups in total. The molecule has 7 rings (SSSR count). The predicted molar refractivity (Wildman–Crippen MR) is 133 cm³/mol. The van der Waals surface area contributed by atoms with Gasteiger partial charge in [-0.25, -0.2) is 0 Å². The molecule has 7 nitrogen and oxygen atoms in total. The highest BCUT2D eigenvalue weighted by Crippen LogP contribution is 2.69. The topological polar surface area (TPSA) is 94.5 Å². The summed E-state index contributed by atoms with van der Waals surface area (Å²) in [5, 5.41) is 33.4. The second kappa shape index (κ2) is 6.91. The maximum absolute atomic E-state index is 11.2. The molecule has 1 aromatic carbocycles. The first-order chi connectivity index (χ1) is 16.7. The zero-order chi connectivity index (χ0) is 24.3. The fourth-order valence-electron chi connectivity index (χ4n) is 8.26. The van der Waals surface area contributed by atoms with E-state index in [-0.39, 0.29) is 17.1 Å². The summed E-state index contributed by atoms with van der Waals surface area (Å²) >= 11 is 0. The van der Waals surface area contributed by atoms with Crippen LogP contribution in [0.25, 0.3) is 16.6 Å². The summed E-state index contributed by atoms with van der Waals surface area (Å²) in [6, 6.07) is 6.23. The van der Waals surface area contributed by atoms with Crippen LogP contribution >= 0.6 is 0 Å². The van der Waals surface area contributed by atoms with Crippen molar-refractivity contribution in [2.24, 2.45) is 17.3 Å². The Balaban J connectivity index is 1.33. The minimum Gasteiger partial charge on any atom is -0.388 e. The van der Waals surface area contributed by atoms with Crippen molar-refractivity contribution in [1.82, 2.24) is 20.3 Å². The molecule has 1 saturated heterocycles. The molecule has 2 fully saturated rings. The number of hydrogen-bond donors (Lipinski definition) is 3. The van der Waals surface area contributed by atoms with E-state index in [4.69, 9.17) is 4.74 Å². The number of ether oxygens (including phenoxy) is 1. The van der Waals surface area contributed by atoms with Gasteiger partial charge in [-0.05, 0) is 80.1 Å². The minimum absolute atomic E-state index is 0.0778. The van der Waals surface area contributed by atoms with Gasteiger partial charge in [-0.2, -0.15) is 15.4 Å². The lowest BCUT2D eigenvalue weighted by Gasteiger charge is -2.57. The van der Waals surface area contributed by atoms with Crippen molar-refractivity contribution in [3.05, 3.63) is 53.1 Å². The summed E-state index contributed by atoms with van der Waals surface area (Å²) in [5.41, 5.74) is 5.48. The number of allylic oxidation sites excluding steroid dienone is 3. The van der Waals surface area contributed by atoms with Crippen molar-refractivity contribution in [2.45, 2.75) is 69.0 Å². The second-order valence-corrected chi connectivity index (χ2v) is 11.9. The van der Waals surface area contributed by atoms with E-state index in [1.54, 1.807) is 0 Å². The van der Waals surface area contributed by atoms with Gasteiger partial charge >= 0.3 is 0 Å². The van der Waals surface area contributed by atoms with E-state index in [2.05, 4.69) is 59.6 Å². The first kappa shape index (κ1) is 21.9. The number of benzene rings is 1. The average molecular weight is 475 g/mol. The lowest BCUT2D eigenvalue weighted by Crippen LogP contribution is -2.62. The number of aliphatic hydroxyl groups is 2. The number of likely N-dealkylation sites (N-methyl/N-ethyl adjacent to an activating group) is 1. The van der Waals surface area contributed by atoms with Crippen LogP contribution in [0.1, 0.15) is 45.1 Å². The number of aromatic amines is 1. The number of nitrogens with zero attached hydrogens (tertiary/aromatic N) is 3. The molecule has 1 aromatic heterocycles. The molecule has 1 saturated carbocycles. The molecule has 2 spiro atoms. The molecule has 7 heteroatoms. The molecule has 184 valence electrons. The summed E-state index contributed by atoms with van der Waals surface area (Å²) in [6.45, 7) is 4.72. The van der Waals surface area contributed by atoms with E-state index in [1.165, 1.54) is 16.7 Å². The smallest absolute Gasteiger partial charge is 0.113 e. The maximum atomic E-state index is 11.2. The third-order valence-corrected chi connectivity index (χ3v) is 10.3. The van der Waals surface area contributed by atoms with Crippen molar-refractivity contribution in [2.75, 3.05) is 14.1 Å². The van der Waals surface area contributed by atoms with E-state index >= 15 is 0 Å². The van der Waals surface area contributed by atoms with Gasteiger partial charge in [-0.1, -0.05) is 38.1 Å². The number of rotatable bonds is 2. The van der Waals surface area contributed by atoms with Crippen molar-refractivity contribution in [3.8, 4) is 0 Å². The lowest BCUT2D eigenvalue weighted by atomic mass is 9.54. The van der Waals surface area contributed by atoms with Crippen LogP contribution in [-0.2, 0) is 4.74 Å². The zero-order valence-corrected chi connectivity index (χ0v) is 20.8. The fraction of sp³-hybridized carbons (Fsp3) is 0.571. The van der Waals surface area contributed by atoms with Crippen LogP contribution in [0.3, 0.4) is 0 Å². The molecule has 2 bridgehead atoms. The van der Waals surface area contributed by atoms with E-state index in [9.17, 15) is 10.2 Å². The SMILES string of the molecule is CC1C=C2C=C3C(O)C(O)C(N(C)C)CC34CCC2(O4)C2CC=C(c3ccc4n[nH]nc4c3)C12C. The fourth-order valence-corrected chi connectivity index (χ4v) is 8.26. The molecular formula is C28H34N4O3. The second-order valence-electron chi connectivity index (χ2n) is 11.9. The van der Waals surface area contributed by atoms with Crippen LogP contribution < -0.4 is 0 Å². The highest BCUT2D eigenvalue weighted by atomic mass is 16.5. The molecule has 8 atom stereocenters. The molecule has 8 unspecified atom stereocenters. The molecule has 35 heavy (non-hydrogen) atoms. The Bertz CT molecular complexity index is 1330. The third-order valence-electron chi connectivity index (χ3n) is 10.3. The highest BCUT2D eigenvalue weighted by molar-refractivity contribution is 5.83. The molecule has 5 aliphatic rings. The van der Waals surface area contributed by atoms with E-state index in [0.717, 1.165) is 35.9 Å². The van der Waals surface area contributed by atoms with Crippen LogP contribution in [0.4, 0.5) is 0 Å². The number of fused-ring (bicyclic) bond motifs is 2. The van der Waals surface area contributed by atoms with Crippen LogP contribution in [0.2, 0.25) is 0 Å². The Labute approximate surface area is 205 Å². The van der Waals surface area contributed by atoms with E-state index in [0.29, 0.717) is 18.3 Å². The molecular weight excluding hydrogens is 440 g/mol. The first-order valence-electron chi connectivity index (χ1n) is 12.9. The van der Waals surface area contributed by atoms with Crippen LogP contribution in [0.5, 0.6) is 0 Å². The monoisotopic (exact) mass is 474 g/mol. The quantitative estimate of drug-likeness (QED) is 0.619. The summed E-state index contributed by atoms with van der Waals surface area (Å²) in [6.07, 6.45) is 8.79. The Morgan fingerprint density at radius 2 is 1.94 bits per heavy atom. The van der Waals surface area contributed by atoms with Gasteiger partial charge < -0.3 is 19.8 Å². The van der Waals surface area contributed by atoms with Gasteiger partial charge in [0, 0.05) is 17.4 Å². The molecule has 2 aliphatic heterocycles. The number of hydrogen-bond acceptors (Lipinski definition) is 6. The number of nitrogens with one attached hydrogen (secondary N) is 1. The van der Waals surface area contributed by atoms with Gasteiger partial charge in [0.2, 0.25) is 0 Å². The van der Waals surface area contributed by atoms with Gasteiger partial charge in [0.25, 0.3) is 0 Å². The summed E-state index contributed by atoms with van der Waals surface area (Å²) in [5.74, 6) is 0.607. The molecule has 3 aliphatic carbocycles. The molecule has 0 radical (unpaired) electrons. The minimum atomic E-state index is -0.900. The maximum Gasteiger partial charge on any atom is 0.113 e. The number of aromatic nitrogens is 3. The van der Waals surface area contributed by atoms with Crippen LogP contribution in [-0.4, -0.2) is 74.1 Å². The van der Waals surface area contributed by atoms with Crippen LogP contribution in [0, 0.1) is 17.3 Å². The predicted octanol–water partition coefficient (Wildman–Crippen LogP) is 3.23. The highest BCUT2D eigenvalue weighted by Gasteiger charge is 2.68. The van der Waals surface area contributed by atoms with E-state index in [1.807, 2.05) is 25.1 Å². The molecule has 0 amide bonds. The van der Waals surface area contributed by atoms with Gasteiger partial charge in [-0.3, -0.25) is 0 Å². The van der Waals surface area contributed by atoms with Crippen molar-refractivity contribution in [3.63, 3.8) is 0 Å². The van der Waals surface area contributed by atoms with Crippen molar-refractivity contribution >= 4 is 16.6 Å². The van der Waals surface area contributed by atoms with Crippen molar-refractivity contribution < 1.29 is 14.9 Å². The Hall–Kier alpha value is -2.32. The normalized spacial score (nSPS) is 44.0. The van der Waals surface area contributed by atoms with Gasteiger partial charge in [0.05, 0.1) is 17.3 Å². The zero-order valence-electron chi connectivity index (χ0n) is 20.8. The van der Waals surface area contributed by atoms with Gasteiger partial charge in [0.1, 0.15) is 17.1 Å². The Morgan fingerprint density at radius 3 is 2.74 bits per heavy atom. The lowest BCUT2D eigenvalue weighted by molar-refractivity contribution is -0.165. The number of H-pyrrole nitrogens is 1. The average Bonchev–Trinajstić information content (AvgIpc) is 3.52. The first-order valence-corrected chi connectivity index (χ1v) is 12.9. The largest absolute Gasteiger partial charge is 0.388 e. The molecule has 2 aromatic rings. The standard InChI is InChI=1S/C28H34N4O3/c1-15-11-17-13-19-24(33)25(34)22(32(3)4)14-27(19)9-10-28(17,35-27)23-8-6-18(26(15,23)2)16-5-7-20-21(12-16)30-31-29-20/h5-7,11-13,15,22-25,33-34H,8-10,14H2,1-4H3,(H,29,30,31). The van der Waals surface area contributed by atoms with Crippen molar-refractivity contribution in [1.29, 1.82) is 0 Å². The van der Waals surface area contributed by atoms with Gasteiger partial charge in [0.15, 0.2) is 0 Å². The van der Waals surface area contributed by atoms with Gasteiger partial charge in [-0.15, -0.1) is 0 Å². The number of aliphatic hydroxyl groups excluding tert-OH is 2. The Morgan fingerprint density at radius 1 is 1.14 bits per heavy atom. The third kappa shape index (κ3) is 2.60. The summed E-state index contributed by atoms with van der Waals surface area (Å²) in [7, 11) is 3.95. The van der Waals surface area contributed by atoms with Crippen LogP contribution in [0.15, 0.2) is 47.6 Å².